The number of aromatic nitrogens is 2. The molecule has 0 radical (unpaired) electrons. The van der Waals surface area contributed by atoms with Gasteiger partial charge in [-0.3, -0.25) is 0 Å². The summed E-state index contributed by atoms with van der Waals surface area (Å²) in [5.74, 6) is 0. The largest absolute Gasteiger partial charge is 0.456 e. The zero-order valence-corrected chi connectivity index (χ0v) is 33.2. The van der Waals surface area contributed by atoms with Gasteiger partial charge >= 0.3 is 0 Å². The van der Waals surface area contributed by atoms with E-state index in [0.717, 1.165) is 82.9 Å². The predicted molar refractivity (Wildman–Crippen MR) is 257 cm³/mol. The van der Waals surface area contributed by atoms with E-state index in [1.54, 1.807) is 0 Å². The van der Waals surface area contributed by atoms with E-state index in [-0.39, 0.29) is 0 Å². The van der Waals surface area contributed by atoms with E-state index in [4.69, 9.17) is 8.83 Å². The van der Waals surface area contributed by atoms with E-state index in [1.165, 1.54) is 60.1 Å². The van der Waals surface area contributed by atoms with E-state index in [2.05, 4.69) is 197 Å². The van der Waals surface area contributed by atoms with Gasteiger partial charge in [-0.15, -0.1) is 0 Å². The summed E-state index contributed by atoms with van der Waals surface area (Å²) in [7, 11) is 0. The number of hydrogen-bond donors (Lipinski definition) is 0. The molecular weight excluding hydrogens is 757 g/mol. The van der Waals surface area contributed by atoms with Crippen molar-refractivity contribution in [2.45, 2.75) is 0 Å². The first-order valence-electron chi connectivity index (χ1n) is 21.2. The molecule has 10 aromatic carbocycles. The van der Waals surface area contributed by atoms with Crippen LogP contribution in [0.5, 0.6) is 0 Å². The highest BCUT2D eigenvalue weighted by Gasteiger charge is 2.25. The number of nitrogens with zero attached hydrogens (tertiary/aromatic N) is 2. The van der Waals surface area contributed by atoms with Crippen LogP contribution in [0.25, 0.3) is 143 Å². The van der Waals surface area contributed by atoms with Gasteiger partial charge in [0, 0.05) is 66.3 Å². The Morgan fingerprint density at radius 1 is 0.274 bits per heavy atom. The van der Waals surface area contributed by atoms with Crippen molar-refractivity contribution >= 4 is 98.3 Å². The van der Waals surface area contributed by atoms with Crippen LogP contribution in [0, 0.1) is 0 Å². The van der Waals surface area contributed by atoms with Gasteiger partial charge in [0.15, 0.2) is 0 Å². The van der Waals surface area contributed by atoms with Crippen LogP contribution in [0.3, 0.4) is 0 Å². The lowest BCUT2D eigenvalue weighted by Gasteiger charge is -2.13. The topological polar surface area (TPSA) is 36.1 Å². The summed E-state index contributed by atoms with van der Waals surface area (Å²) in [4.78, 5) is 0. The molecule has 0 saturated heterocycles. The molecule has 4 aromatic heterocycles. The molecule has 286 valence electrons. The molecule has 15 rings (SSSR count). The smallest absolute Gasteiger partial charge is 0.137 e. The van der Waals surface area contributed by atoms with Crippen molar-refractivity contribution in [3.8, 4) is 44.8 Å². The van der Waals surface area contributed by atoms with Gasteiger partial charge in [-0.25, -0.2) is 0 Å². The SMILES string of the molecule is c1ccc(-n2c3ccccc3c3cc4c(cc32)oc2ccc(-c3ccc5c(c3)c3cc6c(cc3n5-c3ccc5c7c(cccc37)-c3ccccc3-5)oc3ccccc36)cc24)cc1. The lowest BCUT2D eigenvalue weighted by Crippen LogP contribution is -1.96. The van der Waals surface area contributed by atoms with E-state index in [9.17, 15) is 0 Å². The fraction of sp³-hybridized carbons (Fsp3) is 0. The second-order valence-electron chi connectivity index (χ2n) is 16.8. The minimum absolute atomic E-state index is 0.882. The minimum atomic E-state index is 0.882. The monoisotopic (exact) mass is 788 g/mol. The highest BCUT2D eigenvalue weighted by atomic mass is 16.3. The van der Waals surface area contributed by atoms with Gasteiger partial charge in [-0.05, 0) is 105 Å². The van der Waals surface area contributed by atoms with E-state index in [0.29, 0.717) is 0 Å². The third-order valence-corrected chi connectivity index (χ3v) is 13.6. The van der Waals surface area contributed by atoms with Crippen molar-refractivity contribution in [3.63, 3.8) is 0 Å². The Bertz CT molecular complexity index is 4240. The van der Waals surface area contributed by atoms with Crippen molar-refractivity contribution in [2.24, 2.45) is 0 Å². The van der Waals surface area contributed by atoms with Gasteiger partial charge < -0.3 is 18.0 Å². The van der Waals surface area contributed by atoms with Gasteiger partial charge in [-0.2, -0.15) is 0 Å². The number of furan rings is 2. The summed E-state index contributed by atoms with van der Waals surface area (Å²) in [6.45, 7) is 0. The standard InChI is InChI=1S/C58H32N2O2/c1-2-11-35(12-3-1)59-49-19-8-6-15-38(49)44-29-48-46-28-34(22-26-55(46)62-57(48)31-52(44)59)33-21-24-51-43(27-33)45-30-47-39-16-7-9-20-54(39)61-56(47)32-53(45)60(51)50-25-23-41-37-14-5-4-13-36(37)40-17-10-18-42(50)58(40)41/h1-32H. The quantitative estimate of drug-likeness (QED) is 0.179. The van der Waals surface area contributed by atoms with Crippen LogP contribution in [0.1, 0.15) is 0 Å². The van der Waals surface area contributed by atoms with Crippen molar-refractivity contribution < 1.29 is 8.83 Å². The Morgan fingerprint density at radius 2 is 0.823 bits per heavy atom. The van der Waals surface area contributed by atoms with Gasteiger partial charge in [0.05, 0.1) is 27.8 Å². The number of fused-ring (bicyclic) bond motifs is 15. The second kappa shape index (κ2) is 11.7. The van der Waals surface area contributed by atoms with Crippen molar-refractivity contribution in [1.29, 1.82) is 0 Å². The van der Waals surface area contributed by atoms with Gasteiger partial charge in [0.2, 0.25) is 0 Å². The number of benzene rings is 10. The normalized spacial score (nSPS) is 12.5. The van der Waals surface area contributed by atoms with Crippen molar-refractivity contribution in [2.75, 3.05) is 0 Å². The average Bonchev–Trinajstić information content (AvgIpc) is 4.12. The maximum Gasteiger partial charge on any atom is 0.137 e. The van der Waals surface area contributed by atoms with Crippen LogP contribution in [0.15, 0.2) is 203 Å². The third-order valence-electron chi connectivity index (χ3n) is 13.6. The van der Waals surface area contributed by atoms with Crippen LogP contribution < -0.4 is 0 Å². The molecule has 0 atom stereocenters. The Balaban J connectivity index is 0.965. The number of rotatable bonds is 3. The number of para-hydroxylation sites is 3. The maximum absolute atomic E-state index is 6.64. The molecule has 4 heteroatoms. The Labute approximate surface area is 353 Å². The molecule has 0 aliphatic heterocycles. The lowest BCUT2D eigenvalue weighted by molar-refractivity contribution is 0.669. The number of hydrogen-bond acceptors (Lipinski definition) is 2. The Kier molecular flexibility index (Phi) is 6.13. The molecule has 0 amide bonds. The first-order valence-corrected chi connectivity index (χ1v) is 21.2. The molecule has 0 spiro atoms. The van der Waals surface area contributed by atoms with Crippen LogP contribution in [0.4, 0.5) is 0 Å². The van der Waals surface area contributed by atoms with Crippen LogP contribution in [0.2, 0.25) is 0 Å². The molecule has 0 saturated carbocycles. The fourth-order valence-corrected chi connectivity index (χ4v) is 10.9. The van der Waals surface area contributed by atoms with E-state index in [1.807, 2.05) is 6.07 Å². The van der Waals surface area contributed by atoms with Crippen molar-refractivity contribution in [3.05, 3.63) is 194 Å². The zero-order chi connectivity index (χ0) is 40.2. The first-order chi connectivity index (χ1) is 30.7. The molecule has 4 nitrogen and oxygen atoms in total. The third kappa shape index (κ3) is 4.20. The Morgan fingerprint density at radius 3 is 1.65 bits per heavy atom. The van der Waals surface area contributed by atoms with Crippen LogP contribution in [-0.2, 0) is 0 Å². The summed E-state index contributed by atoms with van der Waals surface area (Å²) in [6, 6.07) is 70.6. The molecule has 1 aliphatic carbocycles. The molecule has 0 N–H and O–H groups in total. The zero-order valence-electron chi connectivity index (χ0n) is 33.2. The molecule has 0 bridgehead atoms. The second-order valence-corrected chi connectivity index (χ2v) is 16.8. The maximum atomic E-state index is 6.64. The van der Waals surface area contributed by atoms with Crippen LogP contribution >= 0.6 is 0 Å². The highest BCUT2D eigenvalue weighted by molar-refractivity contribution is 6.22. The molecular formula is C58H32N2O2. The summed E-state index contributed by atoms with van der Waals surface area (Å²) in [6.07, 6.45) is 0. The summed E-state index contributed by atoms with van der Waals surface area (Å²) in [5, 5.41) is 11.9. The lowest BCUT2D eigenvalue weighted by atomic mass is 9.99. The first kappa shape index (κ1) is 32.5. The highest BCUT2D eigenvalue weighted by Crippen LogP contribution is 2.50. The van der Waals surface area contributed by atoms with Crippen molar-refractivity contribution in [1.82, 2.24) is 9.13 Å². The molecule has 14 aromatic rings. The summed E-state index contributed by atoms with van der Waals surface area (Å²) >= 11 is 0. The van der Waals surface area contributed by atoms with Gasteiger partial charge in [-0.1, -0.05) is 115 Å². The summed E-state index contributed by atoms with van der Waals surface area (Å²) in [5.41, 5.74) is 17.9. The molecule has 0 unspecified atom stereocenters. The molecule has 0 fully saturated rings. The molecule has 4 heterocycles. The van der Waals surface area contributed by atoms with Gasteiger partial charge in [0.25, 0.3) is 0 Å². The average molecular weight is 789 g/mol. The van der Waals surface area contributed by atoms with E-state index < -0.39 is 0 Å². The fourth-order valence-electron chi connectivity index (χ4n) is 10.9. The van der Waals surface area contributed by atoms with Crippen LogP contribution in [-0.4, -0.2) is 9.13 Å². The Hall–Kier alpha value is -8.34. The van der Waals surface area contributed by atoms with E-state index >= 15 is 0 Å². The molecule has 62 heavy (non-hydrogen) atoms. The van der Waals surface area contributed by atoms with Gasteiger partial charge in [0.1, 0.15) is 22.3 Å². The molecule has 1 aliphatic rings. The predicted octanol–water partition coefficient (Wildman–Crippen LogP) is 16.1. The summed E-state index contributed by atoms with van der Waals surface area (Å²) < 4.78 is 18.0. The minimum Gasteiger partial charge on any atom is -0.456 e.